The Labute approximate surface area is 137 Å². The molecule has 1 heterocycles. The molecule has 1 amide bonds. The van der Waals surface area contributed by atoms with E-state index in [9.17, 15) is 4.79 Å². The van der Waals surface area contributed by atoms with Gasteiger partial charge < -0.3 is 5.32 Å². The van der Waals surface area contributed by atoms with Crippen molar-refractivity contribution in [1.29, 1.82) is 0 Å². The molecule has 1 aromatic heterocycles. The summed E-state index contributed by atoms with van der Waals surface area (Å²) in [5.74, 6) is 1.77. The second-order valence-corrected chi connectivity index (χ2v) is 6.71. The lowest BCUT2D eigenvalue weighted by molar-refractivity contribution is 0.0955. The molecule has 0 aliphatic rings. The molecule has 2 aromatic rings. The van der Waals surface area contributed by atoms with Gasteiger partial charge in [0.25, 0.3) is 5.91 Å². The average molecular weight is 365 g/mol. The molecule has 0 saturated heterocycles. The highest BCUT2D eigenvalue weighted by molar-refractivity contribution is 9.10. The third kappa shape index (κ3) is 5.52. The number of thioether (sulfide) groups is 1. The molecular weight excluding hydrogens is 348 g/mol. The van der Waals surface area contributed by atoms with Gasteiger partial charge in [0, 0.05) is 34.9 Å². The van der Waals surface area contributed by atoms with E-state index in [1.165, 1.54) is 11.1 Å². The minimum Gasteiger partial charge on any atom is -0.351 e. The molecule has 0 aliphatic carbocycles. The number of halogens is 1. The second-order valence-electron chi connectivity index (χ2n) is 4.69. The molecule has 1 N–H and O–H groups in total. The molecule has 3 nitrogen and oxygen atoms in total. The summed E-state index contributed by atoms with van der Waals surface area (Å²) in [5.41, 5.74) is 3.17. The van der Waals surface area contributed by atoms with Gasteiger partial charge in [-0.3, -0.25) is 9.78 Å². The fourth-order valence-electron chi connectivity index (χ4n) is 1.75. The van der Waals surface area contributed by atoms with Crippen molar-refractivity contribution < 1.29 is 4.79 Å². The third-order valence-corrected chi connectivity index (χ3v) is 4.35. The second kappa shape index (κ2) is 8.20. The Morgan fingerprint density at radius 2 is 2.05 bits per heavy atom. The van der Waals surface area contributed by atoms with Gasteiger partial charge in [-0.1, -0.05) is 29.8 Å². The van der Waals surface area contributed by atoms with Gasteiger partial charge in [-0.15, -0.1) is 0 Å². The number of hydrogen-bond acceptors (Lipinski definition) is 3. The van der Waals surface area contributed by atoms with Crippen LogP contribution in [0.25, 0.3) is 0 Å². The van der Waals surface area contributed by atoms with E-state index in [0.29, 0.717) is 12.1 Å². The van der Waals surface area contributed by atoms with Crippen molar-refractivity contribution in [3.8, 4) is 0 Å². The van der Waals surface area contributed by atoms with Crippen LogP contribution in [0.2, 0.25) is 0 Å². The smallest absolute Gasteiger partial charge is 0.252 e. The molecule has 110 valence electrons. The summed E-state index contributed by atoms with van der Waals surface area (Å²) in [4.78, 5) is 15.9. The van der Waals surface area contributed by atoms with Crippen LogP contribution in [0.1, 0.15) is 21.5 Å². The van der Waals surface area contributed by atoms with Crippen LogP contribution in [0.3, 0.4) is 0 Å². The van der Waals surface area contributed by atoms with E-state index in [2.05, 4.69) is 57.4 Å². The Bertz CT molecular complexity index is 601. The lowest BCUT2D eigenvalue weighted by Gasteiger charge is -2.06. The van der Waals surface area contributed by atoms with Gasteiger partial charge in [0.2, 0.25) is 0 Å². The van der Waals surface area contributed by atoms with Gasteiger partial charge in [0.1, 0.15) is 0 Å². The van der Waals surface area contributed by atoms with Gasteiger partial charge in [-0.05, 0) is 34.5 Å². The summed E-state index contributed by atoms with van der Waals surface area (Å²) < 4.78 is 0.809. The van der Waals surface area contributed by atoms with Gasteiger partial charge in [-0.25, -0.2) is 0 Å². The Balaban J connectivity index is 1.68. The molecular formula is C16H17BrN2OS. The zero-order valence-corrected chi connectivity index (χ0v) is 14.2. The largest absolute Gasteiger partial charge is 0.351 e. The van der Waals surface area contributed by atoms with E-state index in [4.69, 9.17) is 0 Å². The number of aromatic nitrogens is 1. The summed E-state index contributed by atoms with van der Waals surface area (Å²) in [5, 5.41) is 2.90. The first-order valence-electron chi connectivity index (χ1n) is 6.67. The van der Waals surface area contributed by atoms with Crippen LogP contribution < -0.4 is 5.32 Å². The normalized spacial score (nSPS) is 10.4. The molecule has 0 saturated carbocycles. The van der Waals surface area contributed by atoms with E-state index < -0.39 is 0 Å². The number of amides is 1. The van der Waals surface area contributed by atoms with Gasteiger partial charge in [0.15, 0.2) is 0 Å². The Kier molecular flexibility index (Phi) is 6.26. The fourth-order valence-corrected chi connectivity index (χ4v) is 2.93. The number of hydrogen-bond donors (Lipinski definition) is 1. The van der Waals surface area contributed by atoms with E-state index in [-0.39, 0.29) is 5.91 Å². The van der Waals surface area contributed by atoms with Crippen LogP contribution >= 0.6 is 27.7 Å². The zero-order valence-electron chi connectivity index (χ0n) is 11.8. The number of nitrogens with one attached hydrogen (secondary N) is 1. The van der Waals surface area contributed by atoms with Crippen molar-refractivity contribution in [1.82, 2.24) is 10.3 Å². The van der Waals surface area contributed by atoms with Gasteiger partial charge in [-0.2, -0.15) is 11.8 Å². The number of pyridine rings is 1. The third-order valence-electron chi connectivity index (χ3n) is 2.89. The molecule has 0 unspecified atom stereocenters. The average Bonchev–Trinajstić information content (AvgIpc) is 2.48. The van der Waals surface area contributed by atoms with Crippen LogP contribution in [-0.4, -0.2) is 23.2 Å². The maximum absolute atomic E-state index is 11.9. The molecule has 0 atom stereocenters. The van der Waals surface area contributed by atoms with E-state index in [0.717, 1.165) is 16.0 Å². The van der Waals surface area contributed by atoms with E-state index >= 15 is 0 Å². The molecule has 0 radical (unpaired) electrons. The van der Waals surface area contributed by atoms with Crippen molar-refractivity contribution in [2.24, 2.45) is 0 Å². The maximum atomic E-state index is 11.9. The highest BCUT2D eigenvalue weighted by Gasteiger charge is 2.05. The number of benzene rings is 1. The first-order chi connectivity index (χ1) is 10.1. The Morgan fingerprint density at radius 1 is 1.29 bits per heavy atom. The zero-order chi connectivity index (χ0) is 15.1. The van der Waals surface area contributed by atoms with Crippen LogP contribution in [0, 0.1) is 6.92 Å². The minimum absolute atomic E-state index is 0.0836. The summed E-state index contributed by atoms with van der Waals surface area (Å²) in [7, 11) is 0. The van der Waals surface area contributed by atoms with E-state index in [1.54, 1.807) is 18.5 Å². The number of nitrogens with zero attached hydrogens (tertiary/aromatic N) is 1. The van der Waals surface area contributed by atoms with Crippen LogP contribution in [0.15, 0.2) is 47.2 Å². The first kappa shape index (κ1) is 16.0. The van der Waals surface area contributed by atoms with Crippen molar-refractivity contribution in [2.75, 3.05) is 12.3 Å². The van der Waals surface area contributed by atoms with Crippen LogP contribution in [0.4, 0.5) is 0 Å². The van der Waals surface area contributed by atoms with Crippen molar-refractivity contribution in [3.63, 3.8) is 0 Å². The van der Waals surface area contributed by atoms with E-state index in [1.807, 2.05) is 11.8 Å². The molecule has 0 fully saturated rings. The molecule has 0 bridgehead atoms. The van der Waals surface area contributed by atoms with Crippen molar-refractivity contribution in [3.05, 3.63) is 63.9 Å². The quantitative estimate of drug-likeness (QED) is 0.792. The number of aryl methyl sites for hydroxylation is 1. The Morgan fingerprint density at radius 3 is 2.76 bits per heavy atom. The highest BCUT2D eigenvalue weighted by atomic mass is 79.9. The summed E-state index contributed by atoms with van der Waals surface area (Å²) in [6, 6.07) is 10.3. The summed E-state index contributed by atoms with van der Waals surface area (Å²) in [6.07, 6.45) is 3.23. The molecule has 21 heavy (non-hydrogen) atoms. The number of carbonyl (C=O) groups is 1. The Hall–Kier alpha value is -1.33. The van der Waals surface area contributed by atoms with Crippen molar-refractivity contribution in [2.45, 2.75) is 12.7 Å². The molecule has 0 spiro atoms. The van der Waals surface area contributed by atoms with Gasteiger partial charge >= 0.3 is 0 Å². The standard InChI is InChI=1S/C16H17BrN2OS/c1-12-2-4-13(5-3-12)11-21-7-6-19-16(20)14-8-15(17)10-18-9-14/h2-5,8-10H,6-7,11H2,1H3,(H,19,20). The SMILES string of the molecule is Cc1ccc(CSCCNC(=O)c2cncc(Br)c2)cc1. The van der Waals surface area contributed by atoms with Gasteiger partial charge in [0.05, 0.1) is 5.56 Å². The first-order valence-corrected chi connectivity index (χ1v) is 8.62. The molecule has 1 aromatic carbocycles. The number of carbonyl (C=O) groups excluding carboxylic acids is 1. The molecule has 2 rings (SSSR count). The summed E-state index contributed by atoms with van der Waals surface area (Å²) in [6.45, 7) is 2.74. The predicted octanol–water partition coefficient (Wildman–Crippen LogP) is 3.82. The lowest BCUT2D eigenvalue weighted by atomic mass is 10.2. The number of rotatable bonds is 6. The highest BCUT2D eigenvalue weighted by Crippen LogP contribution is 2.12. The molecule has 5 heteroatoms. The summed E-state index contributed by atoms with van der Waals surface area (Å²) >= 11 is 5.12. The maximum Gasteiger partial charge on any atom is 0.252 e. The fraction of sp³-hybridized carbons (Fsp3) is 0.250. The van der Waals surface area contributed by atoms with Crippen molar-refractivity contribution >= 4 is 33.6 Å². The predicted molar refractivity (Wildman–Crippen MR) is 91.6 cm³/mol. The monoisotopic (exact) mass is 364 g/mol. The van der Waals surface area contributed by atoms with Crippen LogP contribution in [-0.2, 0) is 5.75 Å². The topological polar surface area (TPSA) is 42.0 Å². The van der Waals surface area contributed by atoms with Crippen LogP contribution in [0.5, 0.6) is 0 Å². The lowest BCUT2D eigenvalue weighted by Crippen LogP contribution is -2.25. The molecule has 0 aliphatic heterocycles. The minimum atomic E-state index is -0.0836.